The number of anilines is 1. The summed E-state index contributed by atoms with van der Waals surface area (Å²) in [6.45, 7) is -0.307. The molecule has 1 aliphatic carbocycles. The molecule has 2 aromatic rings. The molecular weight excluding hydrogens is 280 g/mol. The van der Waals surface area contributed by atoms with Gasteiger partial charge in [0, 0.05) is 18.1 Å². The Bertz CT molecular complexity index is 698. The van der Waals surface area contributed by atoms with Crippen LogP contribution in [-0.2, 0) is 22.4 Å². The number of hydrogen-bond donors (Lipinski definition) is 1. The average molecular weight is 296 g/mol. The van der Waals surface area contributed by atoms with E-state index in [0.717, 1.165) is 24.9 Å². The molecule has 1 aromatic carbocycles. The normalized spacial score (nSPS) is 12.5. The maximum atomic E-state index is 11.8. The number of benzene rings is 1. The number of amides is 1. The molecule has 0 unspecified atom stereocenters. The third-order valence-electron chi connectivity index (χ3n) is 3.63. The quantitative estimate of drug-likeness (QED) is 0.879. The average Bonchev–Trinajstić information content (AvgIpc) is 3.01. The third-order valence-corrected chi connectivity index (χ3v) is 3.63. The van der Waals surface area contributed by atoms with Gasteiger partial charge in [-0.2, -0.15) is 0 Å². The summed E-state index contributed by atoms with van der Waals surface area (Å²) in [5.74, 6) is -0.883. The van der Waals surface area contributed by atoms with Gasteiger partial charge in [-0.15, -0.1) is 0 Å². The highest BCUT2D eigenvalue weighted by atomic mass is 16.5. The van der Waals surface area contributed by atoms with Crippen molar-refractivity contribution >= 4 is 17.6 Å². The maximum Gasteiger partial charge on any atom is 0.338 e. The molecule has 112 valence electrons. The summed E-state index contributed by atoms with van der Waals surface area (Å²) in [6, 6.07) is 9.00. The number of nitrogens with zero attached hydrogens (tertiary/aromatic N) is 1. The molecule has 1 aromatic heterocycles. The second kappa shape index (κ2) is 6.39. The zero-order valence-corrected chi connectivity index (χ0v) is 12.0. The molecule has 0 radical (unpaired) electrons. The van der Waals surface area contributed by atoms with Crippen LogP contribution in [0.5, 0.6) is 0 Å². The van der Waals surface area contributed by atoms with Crippen molar-refractivity contribution in [1.82, 2.24) is 4.98 Å². The summed E-state index contributed by atoms with van der Waals surface area (Å²) >= 11 is 0. The van der Waals surface area contributed by atoms with Crippen molar-refractivity contribution in [2.75, 3.05) is 11.9 Å². The number of aryl methyl sites for hydroxylation is 2. The van der Waals surface area contributed by atoms with E-state index in [9.17, 15) is 9.59 Å². The second-order valence-corrected chi connectivity index (χ2v) is 5.20. The first-order chi connectivity index (χ1) is 10.7. The van der Waals surface area contributed by atoms with Crippen LogP contribution in [0, 0.1) is 0 Å². The van der Waals surface area contributed by atoms with Crippen molar-refractivity contribution in [3.63, 3.8) is 0 Å². The van der Waals surface area contributed by atoms with Gasteiger partial charge in [0.25, 0.3) is 5.91 Å². The fourth-order valence-corrected chi connectivity index (χ4v) is 2.55. The number of aromatic nitrogens is 1. The largest absolute Gasteiger partial charge is 0.452 e. The van der Waals surface area contributed by atoms with Gasteiger partial charge in [-0.1, -0.05) is 6.07 Å². The van der Waals surface area contributed by atoms with E-state index in [1.807, 2.05) is 18.2 Å². The molecule has 0 fully saturated rings. The van der Waals surface area contributed by atoms with Gasteiger partial charge in [0.1, 0.15) is 0 Å². The Morgan fingerprint density at radius 3 is 2.68 bits per heavy atom. The number of esters is 1. The molecule has 0 atom stereocenters. The van der Waals surface area contributed by atoms with Gasteiger partial charge in [0.05, 0.1) is 5.56 Å². The van der Waals surface area contributed by atoms with Crippen molar-refractivity contribution in [2.45, 2.75) is 19.3 Å². The molecule has 1 heterocycles. The highest BCUT2D eigenvalue weighted by molar-refractivity contribution is 5.95. The minimum atomic E-state index is -0.536. The second-order valence-electron chi connectivity index (χ2n) is 5.20. The zero-order valence-electron chi connectivity index (χ0n) is 12.0. The monoisotopic (exact) mass is 296 g/mol. The molecule has 5 heteroatoms. The van der Waals surface area contributed by atoms with E-state index in [0.29, 0.717) is 5.56 Å². The predicted octanol–water partition coefficient (Wildman–Crippen LogP) is 2.37. The van der Waals surface area contributed by atoms with Crippen LogP contribution >= 0.6 is 0 Å². The molecule has 1 N–H and O–H groups in total. The predicted molar refractivity (Wildman–Crippen MR) is 81.6 cm³/mol. The molecule has 0 saturated carbocycles. The molecule has 0 saturated heterocycles. The van der Waals surface area contributed by atoms with E-state index in [1.165, 1.54) is 23.5 Å². The number of pyridine rings is 1. The molecule has 1 aliphatic rings. The lowest BCUT2D eigenvalue weighted by Gasteiger charge is -2.08. The number of fused-ring (bicyclic) bond motifs is 1. The van der Waals surface area contributed by atoms with E-state index in [1.54, 1.807) is 12.1 Å². The SMILES string of the molecule is O=C(COC(=O)c1ccncc1)Nc1ccc2c(c1)CCC2. The molecule has 3 rings (SSSR count). The Hall–Kier alpha value is -2.69. The topological polar surface area (TPSA) is 68.3 Å². The summed E-state index contributed by atoms with van der Waals surface area (Å²) in [6.07, 6.45) is 6.32. The Morgan fingerprint density at radius 1 is 1.09 bits per heavy atom. The van der Waals surface area contributed by atoms with Crippen molar-refractivity contribution in [1.29, 1.82) is 0 Å². The van der Waals surface area contributed by atoms with Crippen LogP contribution < -0.4 is 5.32 Å². The van der Waals surface area contributed by atoms with Gasteiger partial charge < -0.3 is 10.1 Å². The van der Waals surface area contributed by atoms with Crippen LogP contribution in [0.4, 0.5) is 5.69 Å². The Balaban J connectivity index is 1.53. The van der Waals surface area contributed by atoms with Gasteiger partial charge in [0.2, 0.25) is 0 Å². The minimum absolute atomic E-state index is 0.307. The summed E-state index contributed by atoms with van der Waals surface area (Å²) in [5, 5.41) is 2.75. The Labute approximate surface area is 128 Å². The first kappa shape index (κ1) is 14.3. The highest BCUT2D eigenvalue weighted by Gasteiger charge is 2.13. The van der Waals surface area contributed by atoms with Crippen LogP contribution in [0.3, 0.4) is 0 Å². The van der Waals surface area contributed by atoms with Crippen LogP contribution in [-0.4, -0.2) is 23.5 Å². The standard InChI is InChI=1S/C17H16N2O3/c20-16(11-22-17(21)13-6-8-18-9-7-13)19-15-5-4-12-2-1-3-14(12)10-15/h4-10H,1-3,11H2,(H,19,20). The summed E-state index contributed by atoms with van der Waals surface area (Å²) in [5.41, 5.74) is 3.75. The Morgan fingerprint density at radius 2 is 1.86 bits per heavy atom. The first-order valence-corrected chi connectivity index (χ1v) is 7.21. The fourth-order valence-electron chi connectivity index (χ4n) is 2.55. The van der Waals surface area contributed by atoms with E-state index in [4.69, 9.17) is 4.74 Å². The highest BCUT2D eigenvalue weighted by Crippen LogP contribution is 2.24. The molecule has 5 nitrogen and oxygen atoms in total. The number of nitrogens with one attached hydrogen (secondary N) is 1. The molecule has 1 amide bonds. The van der Waals surface area contributed by atoms with Crippen molar-refractivity contribution in [3.8, 4) is 0 Å². The minimum Gasteiger partial charge on any atom is -0.452 e. The van der Waals surface area contributed by atoms with Gasteiger partial charge in [-0.25, -0.2) is 4.79 Å². The number of ether oxygens (including phenoxy) is 1. The third kappa shape index (κ3) is 3.31. The van der Waals surface area contributed by atoms with E-state index in [-0.39, 0.29) is 12.5 Å². The maximum absolute atomic E-state index is 11.8. The summed E-state index contributed by atoms with van der Waals surface area (Å²) in [4.78, 5) is 27.4. The molecule has 0 bridgehead atoms. The van der Waals surface area contributed by atoms with E-state index < -0.39 is 5.97 Å². The fraction of sp³-hybridized carbons (Fsp3) is 0.235. The number of rotatable bonds is 4. The van der Waals surface area contributed by atoms with Gasteiger partial charge in [-0.05, 0) is 54.7 Å². The molecule has 22 heavy (non-hydrogen) atoms. The molecule has 0 spiro atoms. The van der Waals surface area contributed by atoms with Crippen LogP contribution in [0.2, 0.25) is 0 Å². The van der Waals surface area contributed by atoms with Gasteiger partial charge in [0.15, 0.2) is 6.61 Å². The number of carbonyl (C=O) groups excluding carboxylic acids is 2. The number of hydrogen-bond acceptors (Lipinski definition) is 4. The van der Waals surface area contributed by atoms with E-state index in [2.05, 4.69) is 10.3 Å². The van der Waals surface area contributed by atoms with Crippen LogP contribution in [0.25, 0.3) is 0 Å². The lowest BCUT2D eigenvalue weighted by atomic mass is 10.1. The number of carbonyl (C=O) groups is 2. The lowest BCUT2D eigenvalue weighted by molar-refractivity contribution is -0.119. The van der Waals surface area contributed by atoms with E-state index >= 15 is 0 Å². The summed E-state index contributed by atoms with van der Waals surface area (Å²) in [7, 11) is 0. The lowest BCUT2D eigenvalue weighted by Crippen LogP contribution is -2.21. The Kier molecular flexibility index (Phi) is 4.14. The summed E-state index contributed by atoms with van der Waals surface area (Å²) < 4.78 is 4.98. The molecular formula is C17H16N2O3. The first-order valence-electron chi connectivity index (χ1n) is 7.21. The zero-order chi connectivity index (χ0) is 15.4. The van der Waals surface area contributed by atoms with Crippen molar-refractivity contribution < 1.29 is 14.3 Å². The molecule has 0 aliphatic heterocycles. The van der Waals surface area contributed by atoms with Crippen molar-refractivity contribution in [3.05, 3.63) is 59.4 Å². The van der Waals surface area contributed by atoms with Crippen LogP contribution in [0.15, 0.2) is 42.7 Å². The van der Waals surface area contributed by atoms with Crippen molar-refractivity contribution in [2.24, 2.45) is 0 Å². The van der Waals surface area contributed by atoms with Crippen LogP contribution in [0.1, 0.15) is 27.9 Å². The van der Waals surface area contributed by atoms with Gasteiger partial charge >= 0.3 is 5.97 Å². The van der Waals surface area contributed by atoms with Gasteiger partial charge in [-0.3, -0.25) is 9.78 Å². The smallest absolute Gasteiger partial charge is 0.338 e.